The van der Waals surface area contributed by atoms with E-state index in [9.17, 15) is 18.0 Å². The van der Waals surface area contributed by atoms with E-state index in [-0.39, 0.29) is 21.8 Å². The number of piperidine rings is 1. The molecule has 32 heavy (non-hydrogen) atoms. The number of carbonyl (C=O) groups excluding carboxylic acids is 2. The Bertz CT molecular complexity index is 1030. The molecule has 1 N–H and O–H groups in total. The van der Waals surface area contributed by atoms with Crippen molar-refractivity contribution < 1.29 is 18.0 Å². The van der Waals surface area contributed by atoms with Gasteiger partial charge in [-0.25, -0.2) is 13.4 Å². The van der Waals surface area contributed by atoms with Crippen LogP contribution in [-0.2, 0) is 21.2 Å². The van der Waals surface area contributed by atoms with Crippen LogP contribution >= 0.6 is 11.8 Å². The monoisotopic (exact) mass is 475 g/mol. The first-order valence-electron chi connectivity index (χ1n) is 10.8. The van der Waals surface area contributed by atoms with E-state index in [1.54, 1.807) is 24.3 Å². The molecule has 1 fully saturated rings. The van der Waals surface area contributed by atoms with Crippen LogP contribution in [0.5, 0.6) is 0 Å². The zero-order chi connectivity index (χ0) is 23.1. The van der Waals surface area contributed by atoms with Gasteiger partial charge in [0.2, 0.25) is 15.9 Å². The third-order valence-corrected chi connectivity index (χ3v) is 8.29. The van der Waals surface area contributed by atoms with Crippen LogP contribution in [0, 0.1) is 0 Å². The topological polar surface area (TPSA) is 96.4 Å². The van der Waals surface area contributed by atoms with E-state index >= 15 is 0 Å². The van der Waals surface area contributed by atoms with E-state index in [4.69, 9.17) is 0 Å². The lowest BCUT2D eigenvalue weighted by molar-refractivity contribution is -0.118. The van der Waals surface area contributed by atoms with Crippen molar-refractivity contribution in [2.24, 2.45) is 0 Å². The molecule has 172 valence electrons. The summed E-state index contributed by atoms with van der Waals surface area (Å²) in [6, 6.07) is 10.6. The van der Waals surface area contributed by atoms with Crippen molar-refractivity contribution in [1.29, 1.82) is 0 Å². The van der Waals surface area contributed by atoms with Crippen LogP contribution in [0.4, 0.5) is 0 Å². The summed E-state index contributed by atoms with van der Waals surface area (Å²) >= 11 is 1.31. The van der Waals surface area contributed by atoms with Crippen molar-refractivity contribution >= 4 is 33.5 Å². The molecule has 1 aromatic heterocycles. The van der Waals surface area contributed by atoms with Gasteiger partial charge in [0.25, 0.3) is 0 Å². The van der Waals surface area contributed by atoms with Crippen molar-refractivity contribution in [2.75, 3.05) is 19.6 Å². The molecule has 7 nitrogen and oxygen atoms in total. The predicted molar refractivity (Wildman–Crippen MR) is 125 cm³/mol. The van der Waals surface area contributed by atoms with Crippen LogP contribution in [0.3, 0.4) is 0 Å². The van der Waals surface area contributed by atoms with Gasteiger partial charge in [-0.3, -0.25) is 9.59 Å². The van der Waals surface area contributed by atoms with Gasteiger partial charge < -0.3 is 5.32 Å². The van der Waals surface area contributed by atoms with E-state index in [0.717, 1.165) is 24.8 Å². The maximum Gasteiger partial charge on any atom is 0.244 e. The number of sulfonamides is 1. The van der Waals surface area contributed by atoms with Crippen LogP contribution in [0.1, 0.15) is 49.0 Å². The van der Waals surface area contributed by atoms with Crippen molar-refractivity contribution in [3.05, 3.63) is 53.7 Å². The highest BCUT2D eigenvalue weighted by Crippen LogP contribution is 2.26. The summed E-state index contributed by atoms with van der Waals surface area (Å²) in [5.41, 5.74) is 1.65. The number of hydrogen-bond acceptors (Lipinski definition) is 6. The molecule has 0 saturated carbocycles. The highest BCUT2D eigenvalue weighted by molar-refractivity contribution is 8.00. The lowest BCUT2D eigenvalue weighted by Crippen LogP contribution is -2.35. The van der Waals surface area contributed by atoms with Gasteiger partial charge in [0.15, 0.2) is 5.78 Å². The molecule has 3 rings (SSSR count). The second-order valence-electron chi connectivity index (χ2n) is 7.85. The van der Waals surface area contributed by atoms with Crippen molar-refractivity contribution in [3.8, 4) is 0 Å². The van der Waals surface area contributed by atoms with Crippen LogP contribution in [0.25, 0.3) is 0 Å². The zero-order valence-electron chi connectivity index (χ0n) is 18.4. The van der Waals surface area contributed by atoms with Gasteiger partial charge in [-0.2, -0.15) is 4.31 Å². The second kappa shape index (κ2) is 11.1. The Kier molecular flexibility index (Phi) is 8.44. The molecule has 1 atom stereocenters. The molecule has 1 saturated heterocycles. The van der Waals surface area contributed by atoms with Gasteiger partial charge in [-0.05, 0) is 43.9 Å². The average molecular weight is 476 g/mol. The van der Waals surface area contributed by atoms with E-state index in [1.807, 2.05) is 19.1 Å². The van der Waals surface area contributed by atoms with Gasteiger partial charge in [0.1, 0.15) is 4.90 Å². The van der Waals surface area contributed by atoms with E-state index < -0.39 is 10.0 Å². The Balaban J connectivity index is 1.58. The van der Waals surface area contributed by atoms with Gasteiger partial charge in [0, 0.05) is 38.3 Å². The minimum absolute atomic E-state index is 0.0183. The van der Waals surface area contributed by atoms with Crippen molar-refractivity contribution in [2.45, 2.75) is 54.7 Å². The minimum atomic E-state index is -3.51. The molecule has 0 bridgehead atoms. The fourth-order valence-electron chi connectivity index (χ4n) is 3.53. The number of nitrogens with zero attached hydrogens (tertiary/aromatic N) is 2. The number of thioether (sulfide) groups is 1. The zero-order valence-corrected chi connectivity index (χ0v) is 20.0. The van der Waals surface area contributed by atoms with Gasteiger partial charge in [-0.1, -0.05) is 42.4 Å². The fourth-order valence-corrected chi connectivity index (χ4v) is 5.86. The maximum absolute atomic E-state index is 12.8. The van der Waals surface area contributed by atoms with E-state index in [2.05, 4.69) is 10.3 Å². The Morgan fingerprint density at radius 3 is 2.38 bits per heavy atom. The summed E-state index contributed by atoms with van der Waals surface area (Å²) in [4.78, 5) is 28.2. The number of aromatic nitrogens is 1. The van der Waals surface area contributed by atoms with E-state index in [0.29, 0.717) is 36.6 Å². The molecule has 0 aliphatic carbocycles. The standard InChI is InChI=1S/C23H29N3O4S2/c1-17(23(28)20-8-6-19(7-9-20)12-13-24-18(2)27)31-22-11-10-21(16-25-22)32(29,30)26-14-4-3-5-15-26/h6-11,16-17H,3-5,12-15H2,1-2H3,(H,24,27). The largest absolute Gasteiger partial charge is 0.356 e. The molecule has 0 radical (unpaired) electrons. The summed E-state index contributed by atoms with van der Waals surface area (Å²) in [5.74, 6) is -0.0800. The van der Waals surface area contributed by atoms with Gasteiger partial charge in [0.05, 0.1) is 10.3 Å². The second-order valence-corrected chi connectivity index (χ2v) is 11.2. The first-order chi connectivity index (χ1) is 15.3. The van der Waals surface area contributed by atoms with E-state index in [1.165, 1.54) is 29.2 Å². The lowest BCUT2D eigenvalue weighted by atomic mass is 10.0. The summed E-state index contributed by atoms with van der Waals surface area (Å²) in [6.45, 7) is 4.96. The number of rotatable bonds is 9. The van der Waals surface area contributed by atoms with Gasteiger partial charge >= 0.3 is 0 Å². The Morgan fingerprint density at radius 1 is 1.09 bits per heavy atom. The summed E-state index contributed by atoms with van der Waals surface area (Å²) < 4.78 is 27.0. The summed E-state index contributed by atoms with van der Waals surface area (Å²) in [5, 5.41) is 3.00. The lowest BCUT2D eigenvalue weighted by Gasteiger charge is -2.25. The quantitative estimate of drug-likeness (QED) is 0.442. The Hall–Kier alpha value is -2.23. The fraction of sp³-hybridized carbons (Fsp3) is 0.435. The van der Waals surface area contributed by atoms with Crippen LogP contribution in [-0.4, -0.2) is 54.3 Å². The maximum atomic E-state index is 12.8. The number of hydrogen-bond donors (Lipinski definition) is 1. The summed E-state index contributed by atoms with van der Waals surface area (Å²) in [6.07, 6.45) is 4.92. The molecule has 0 spiro atoms. The molecule has 1 aliphatic rings. The molecular weight excluding hydrogens is 446 g/mol. The molecule has 2 aromatic rings. The number of amides is 1. The molecule has 1 unspecified atom stereocenters. The van der Waals surface area contributed by atoms with Crippen LogP contribution < -0.4 is 5.32 Å². The molecular formula is C23H29N3O4S2. The summed E-state index contributed by atoms with van der Waals surface area (Å²) in [7, 11) is -3.51. The number of benzene rings is 1. The molecule has 1 amide bonds. The number of Topliss-reactive ketones (excluding diaryl/α,β-unsaturated/α-hetero) is 1. The molecule has 1 aliphatic heterocycles. The molecule has 2 heterocycles. The SMILES string of the molecule is CC(=O)NCCc1ccc(C(=O)C(C)Sc2ccc(S(=O)(=O)N3CCCCC3)cn2)cc1. The number of carbonyl (C=O) groups is 2. The number of pyridine rings is 1. The van der Waals surface area contributed by atoms with Crippen LogP contribution in [0.2, 0.25) is 0 Å². The third kappa shape index (κ3) is 6.40. The Morgan fingerprint density at radius 2 is 1.78 bits per heavy atom. The third-order valence-electron chi connectivity index (χ3n) is 5.35. The normalized spacial score (nSPS) is 15.8. The first-order valence-corrected chi connectivity index (χ1v) is 13.1. The minimum Gasteiger partial charge on any atom is -0.356 e. The smallest absolute Gasteiger partial charge is 0.244 e. The predicted octanol–water partition coefficient (Wildman–Crippen LogP) is 3.30. The number of ketones is 1. The molecule has 1 aromatic carbocycles. The van der Waals surface area contributed by atoms with Crippen LogP contribution in [0.15, 0.2) is 52.5 Å². The van der Waals surface area contributed by atoms with Crippen molar-refractivity contribution in [3.63, 3.8) is 0 Å². The highest BCUT2D eigenvalue weighted by atomic mass is 32.2. The first kappa shape index (κ1) is 24.4. The van der Waals surface area contributed by atoms with Gasteiger partial charge in [-0.15, -0.1) is 0 Å². The average Bonchev–Trinajstić information content (AvgIpc) is 2.80. The highest BCUT2D eigenvalue weighted by Gasteiger charge is 2.26. The number of nitrogens with one attached hydrogen (secondary N) is 1. The Labute approximate surface area is 194 Å². The molecule has 9 heteroatoms. The van der Waals surface area contributed by atoms with Crippen molar-refractivity contribution in [1.82, 2.24) is 14.6 Å².